The van der Waals surface area contributed by atoms with Crippen LogP contribution >= 0.6 is 0 Å². The third-order valence-electron chi connectivity index (χ3n) is 0.963. The Balaban J connectivity index is 3.87. The zero-order valence-electron chi connectivity index (χ0n) is 5.48. The van der Waals surface area contributed by atoms with Gasteiger partial charge in [0.15, 0.2) is 0 Å². The molecule has 4 heteroatoms. The lowest BCUT2D eigenvalue weighted by molar-refractivity contribution is -0.765. The van der Waals surface area contributed by atoms with Crippen molar-refractivity contribution in [2.45, 2.75) is 0 Å². The molecule has 0 aliphatic rings. The predicted molar refractivity (Wildman–Crippen MR) is 31.9 cm³/mol. The first-order valence-corrected chi connectivity index (χ1v) is 2.50. The molecule has 2 nitrogen and oxygen atoms in total. The van der Waals surface area contributed by atoms with Gasteiger partial charge in [-0.25, -0.2) is 5.26 Å². The van der Waals surface area contributed by atoms with Gasteiger partial charge in [-0.05, 0) is 5.97 Å². The van der Waals surface area contributed by atoms with Crippen LogP contribution in [0.4, 0.5) is 4.32 Å². The standard InChI is InChI=1S/C4H10BFN2/c1-8(2,3)5(6)4-7/h5H,1-3H3. The van der Waals surface area contributed by atoms with E-state index in [4.69, 9.17) is 5.26 Å². The largest absolute Gasteiger partial charge is 0.485 e. The normalized spacial score (nSPS) is 14.9. The highest BCUT2D eigenvalue weighted by atomic mass is 19.1. The van der Waals surface area contributed by atoms with E-state index in [-0.39, 0.29) is 4.39 Å². The maximum Gasteiger partial charge on any atom is 0.451 e. The first-order valence-electron chi connectivity index (χ1n) is 2.50. The van der Waals surface area contributed by atoms with Crippen LogP contribution in [0.3, 0.4) is 0 Å². The van der Waals surface area contributed by atoms with Crippen LogP contribution in [0.2, 0.25) is 0 Å². The molecule has 0 aromatic rings. The molecule has 0 aliphatic carbocycles. The van der Waals surface area contributed by atoms with Crippen molar-refractivity contribution in [3.63, 3.8) is 0 Å². The Morgan fingerprint density at radius 2 is 1.88 bits per heavy atom. The Morgan fingerprint density at radius 1 is 1.50 bits per heavy atom. The number of halogens is 1. The van der Waals surface area contributed by atoms with Gasteiger partial charge in [0, 0.05) is 21.1 Å². The summed E-state index contributed by atoms with van der Waals surface area (Å²) in [6, 6.07) is 0. The number of rotatable bonds is 1. The molecule has 0 aromatic carbocycles. The van der Waals surface area contributed by atoms with E-state index < -0.39 is 7.12 Å². The van der Waals surface area contributed by atoms with Crippen molar-refractivity contribution in [1.82, 2.24) is 0 Å². The predicted octanol–water partition coefficient (Wildman–Crippen LogP) is -0.0546. The molecule has 0 bridgehead atoms. The number of quaternary nitrogens is 1. The molecule has 0 saturated heterocycles. The molecule has 1 unspecified atom stereocenters. The van der Waals surface area contributed by atoms with E-state index in [1.54, 1.807) is 27.1 Å². The summed E-state index contributed by atoms with van der Waals surface area (Å²) >= 11 is 0. The molecule has 8 heavy (non-hydrogen) atoms. The van der Waals surface area contributed by atoms with Crippen molar-refractivity contribution in [2.75, 3.05) is 21.1 Å². The summed E-state index contributed by atoms with van der Waals surface area (Å²) in [6.45, 7) is 0. The summed E-state index contributed by atoms with van der Waals surface area (Å²) in [7, 11) is 2.87. The summed E-state index contributed by atoms with van der Waals surface area (Å²) in [6.07, 6.45) is 0. The lowest BCUT2D eigenvalue weighted by atomic mass is 9.86. The van der Waals surface area contributed by atoms with Crippen LogP contribution in [0.1, 0.15) is 0 Å². The molecule has 0 N–H and O–H groups in total. The van der Waals surface area contributed by atoms with Crippen LogP contribution in [0.15, 0.2) is 0 Å². The quantitative estimate of drug-likeness (QED) is 0.440. The molecule has 0 saturated carbocycles. The Kier molecular flexibility index (Phi) is 1.99. The van der Waals surface area contributed by atoms with Gasteiger partial charge in [0.05, 0.1) is 0 Å². The summed E-state index contributed by atoms with van der Waals surface area (Å²) in [4.78, 5) is 0. The van der Waals surface area contributed by atoms with Crippen molar-refractivity contribution in [3.05, 3.63) is 0 Å². The van der Waals surface area contributed by atoms with E-state index in [9.17, 15) is 4.32 Å². The Bertz CT molecular complexity index is 112. The van der Waals surface area contributed by atoms with Gasteiger partial charge in [0.25, 0.3) is 0 Å². The highest BCUT2D eigenvalue weighted by Crippen LogP contribution is 1.95. The molecule has 46 valence electrons. The van der Waals surface area contributed by atoms with E-state index in [1.165, 1.54) is 0 Å². The molecule has 0 rings (SSSR count). The lowest BCUT2D eigenvalue weighted by Gasteiger charge is -2.32. The highest BCUT2D eigenvalue weighted by Gasteiger charge is 2.15. The molecule has 0 spiro atoms. The third kappa shape index (κ3) is 1.94. The monoisotopic (exact) mass is 116 g/mol. The van der Waals surface area contributed by atoms with Crippen molar-refractivity contribution < 1.29 is 8.71 Å². The van der Waals surface area contributed by atoms with Crippen molar-refractivity contribution in [2.24, 2.45) is 0 Å². The van der Waals surface area contributed by atoms with Gasteiger partial charge in [0.2, 0.25) is 0 Å². The van der Waals surface area contributed by atoms with Gasteiger partial charge in [-0.1, -0.05) is 0 Å². The van der Waals surface area contributed by atoms with Gasteiger partial charge in [-0.15, -0.1) is 0 Å². The minimum absolute atomic E-state index is 0.135. The number of nitrogens with zero attached hydrogens (tertiary/aromatic N) is 2. The second kappa shape index (κ2) is 2.14. The maximum absolute atomic E-state index is 12.3. The minimum Gasteiger partial charge on any atom is -0.485 e. The van der Waals surface area contributed by atoms with E-state index in [1.807, 2.05) is 0 Å². The highest BCUT2D eigenvalue weighted by molar-refractivity contribution is 6.51. The van der Waals surface area contributed by atoms with E-state index in [2.05, 4.69) is 0 Å². The average molecular weight is 116 g/mol. The fourth-order valence-electron chi connectivity index (χ4n) is 0.212. The molecule has 0 aromatic heterocycles. The topological polar surface area (TPSA) is 23.8 Å². The Labute approximate surface area is 49.3 Å². The van der Waals surface area contributed by atoms with Crippen LogP contribution in [0.25, 0.3) is 0 Å². The Morgan fingerprint density at radius 3 is 1.88 bits per heavy atom. The third-order valence-corrected chi connectivity index (χ3v) is 0.963. The minimum atomic E-state index is -2.14. The van der Waals surface area contributed by atoms with Gasteiger partial charge in [0.1, 0.15) is 0 Å². The van der Waals surface area contributed by atoms with E-state index in [0.717, 1.165) is 0 Å². The molecule has 0 amide bonds. The molecule has 0 fully saturated rings. The van der Waals surface area contributed by atoms with Crippen molar-refractivity contribution in [3.8, 4) is 5.97 Å². The average Bonchev–Trinajstić information content (AvgIpc) is 1.62. The number of hydrogen-bond donors (Lipinski definition) is 0. The Hall–Kier alpha value is -0.555. The molecule has 1 atom stereocenters. The van der Waals surface area contributed by atoms with Crippen LogP contribution in [-0.2, 0) is 0 Å². The molecular weight excluding hydrogens is 106 g/mol. The molecule has 0 heterocycles. The summed E-state index contributed by atoms with van der Waals surface area (Å²) in [5, 5.41) is 8.07. The van der Waals surface area contributed by atoms with Gasteiger partial charge in [-0.2, -0.15) is 0 Å². The van der Waals surface area contributed by atoms with Crippen LogP contribution in [-0.4, -0.2) is 32.7 Å². The van der Waals surface area contributed by atoms with E-state index >= 15 is 0 Å². The second-order valence-corrected chi connectivity index (χ2v) is 2.86. The smallest absolute Gasteiger partial charge is 0.451 e. The van der Waals surface area contributed by atoms with Crippen molar-refractivity contribution >= 4 is 7.12 Å². The van der Waals surface area contributed by atoms with Crippen LogP contribution < -0.4 is 0 Å². The summed E-state index contributed by atoms with van der Waals surface area (Å²) in [5.74, 6) is 1.59. The number of nitriles is 1. The SMILES string of the molecule is C[N+](C)(C)[BH-](F)C#N. The maximum atomic E-state index is 12.3. The lowest BCUT2D eigenvalue weighted by Crippen LogP contribution is -2.45. The summed E-state index contributed by atoms with van der Waals surface area (Å²) in [5.41, 5.74) is 0. The molecular formula is C4H10BFN2. The van der Waals surface area contributed by atoms with Gasteiger partial charge < -0.3 is 8.71 Å². The second-order valence-electron chi connectivity index (χ2n) is 2.86. The van der Waals surface area contributed by atoms with E-state index in [0.29, 0.717) is 0 Å². The van der Waals surface area contributed by atoms with Crippen molar-refractivity contribution in [1.29, 1.82) is 5.26 Å². The summed E-state index contributed by atoms with van der Waals surface area (Å²) < 4.78 is 12.5. The molecule has 0 aliphatic heterocycles. The molecule has 0 radical (unpaired) electrons. The fraction of sp³-hybridized carbons (Fsp3) is 0.750. The zero-order valence-corrected chi connectivity index (χ0v) is 5.48. The fourth-order valence-corrected chi connectivity index (χ4v) is 0.212. The van der Waals surface area contributed by atoms with Crippen LogP contribution in [0.5, 0.6) is 0 Å². The number of hydrogen-bond acceptors (Lipinski definition) is 1. The first-order chi connectivity index (χ1) is 3.48. The first kappa shape index (κ1) is 7.44. The van der Waals surface area contributed by atoms with Gasteiger partial charge >= 0.3 is 7.12 Å². The van der Waals surface area contributed by atoms with Gasteiger partial charge in [-0.3, -0.25) is 0 Å². The zero-order chi connectivity index (χ0) is 6.78. The van der Waals surface area contributed by atoms with Crippen LogP contribution in [0, 0.1) is 11.2 Å².